The number of thiocarbonyl (C=S) groups is 1. The fourth-order valence-electron chi connectivity index (χ4n) is 2.70. The molecule has 0 aliphatic carbocycles. The molecule has 0 fully saturated rings. The average molecular weight is 506 g/mol. The number of amides is 2. The van der Waals surface area contributed by atoms with Crippen LogP contribution in [0.3, 0.4) is 0 Å². The first-order chi connectivity index (χ1) is 16.8. The highest BCUT2D eigenvalue weighted by atomic mass is 32.1. The van der Waals surface area contributed by atoms with E-state index in [9.17, 15) is 14.4 Å². The molecule has 0 saturated carbocycles. The van der Waals surface area contributed by atoms with E-state index in [-0.39, 0.29) is 17.3 Å². The summed E-state index contributed by atoms with van der Waals surface area (Å²) in [6.45, 7) is 1.91. The Bertz CT molecular complexity index is 1030. The molecule has 2 amide bonds. The van der Waals surface area contributed by atoms with Gasteiger partial charge in [0.15, 0.2) is 23.2 Å². The molecule has 12 heteroatoms. The van der Waals surface area contributed by atoms with Crippen molar-refractivity contribution in [2.24, 2.45) is 0 Å². The average Bonchev–Trinajstić information content (AvgIpc) is 2.88. The van der Waals surface area contributed by atoms with Gasteiger partial charge in [0.2, 0.25) is 5.75 Å². The summed E-state index contributed by atoms with van der Waals surface area (Å²) in [5, 5.41) is 2.28. The Kier molecular flexibility index (Phi) is 10.6. The SMILES string of the molecule is CCCOC(=O)c1ccc(OCC(=O)NNC(=S)NC(=O)c2cc(OC)c(OC)c(OC)c2)cc1. The minimum Gasteiger partial charge on any atom is -0.493 e. The molecule has 0 aromatic heterocycles. The number of benzene rings is 2. The first-order valence-electron chi connectivity index (χ1n) is 10.4. The Morgan fingerprint density at radius 1 is 0.886 bits per heavy atom. The molecule has 0 atom stereocenters. The van der Waals surface area contributed by atoms with Crippen molar-refractivity contribution in [3.63, 3.8) is 0 Å². The fourth-order valence-corrected chi connectivity index (χ4v) is 2.84. The maximum absolute atomic E-state index is 12.5. The largest absolute Gasteiger partial charge is 0.493 e. The van der Waals surface area contributed by atoms with Gasteiger partial charge in [-0.1, -0.05) is 6.92 Å². The van der Waals surface area contributed by atoms with Crippen molar-refractivity contribution >= 4 is 35.1 Å². The fraction of sp³-hybridized carbons (Fsp3) is 0.304. The molecule has 0 saturated heterocycles. The van der Waals surface area contributed by atoms with Crippen LogP contribution in [0.25, 0.3) is 0 Å². The van der Waals surface area contributed by atoms with Crippen LogP contribution in [0.1, 0.15) is 34.1 Å². The predicted molar refractivity (Wildman–Crippen MR) is 130 cm³/mol. The summed E-state index contributed by atoms with van der Waals surface area (Å²) in [7, 11) is 4.31. The summed E-state index contributed by atoms with van der Waals surface area (Å²) in [5.74, 6) is -0.233. The number of ether oxygens (including phenoxy) is 5. The van der Waals surface area contributed by atoms with Gasteiger partial charge in [-0.3, -0.25) is 25.8 Å². The third-order valence-corrected chi connectivity index (χ3v) is 4.57. The molecule has 35 heavy (non-hydrogen) atoms. The lowest BCUT2D eigenvalue weighted by Gasteiger charge is -2.15. The Hall–Kier alpha value is -4.06. The monoisotopic (exact) mass is 505 g/mol. The van der Waals surface area contributed by atoms with Crippen molar-refractivity contribution in [3.05, 3.63) is 47.5 Å². The summed E-state index contributed by atoms with van der Waals surface area (Å²) >= 11 is 5.04. The van der Waals surface area contributed by atoms with Crippen molar-refractivity contribution in [1.29, 1.82) is 0 Å². The van der Waals surface area contributed by atoms with Gasteiger partial charge >= 0.3 is 5.97 Å². The minimum absolute atomic E-state index is 0.146. The maximum Gasteiger partial charge on any atom is 0.338 e. The lowest BCUT2D eigenvalue weighted by atomic mass is 10.1. The number of hydrazine groups is 1. The third kappa shape index (κ3) is 8.03. The van der Waals surface area contributed by atoms with Gasteiger partial charge in [-0.2, -0.15) is 0 Å². The summed E-state index contributed by atoms with van der Waals surface area (Å²) in [4.78, 5) is 36.3. The number of carbonyl (C=O) groups is 3. The zero-order chi connectivity index (χ0) is 25.8. The van der Waals surface area contributed by atoms with Crippen LogP contribution in [0.5, 0.6) is 23.0 Å². The van der Waals surface area contributed by atoms with Crippen LogP contribution in [-0.4, -0.2) is 57.4 Å². The van der Waals surface area contributed by atoms with Gasteiger partial charge in [-0.25, -0.2) is 4.79 Å². The molecule has 3 N–H and O–H groups in total. The van der Waals surface area contributed by atoms with E-state index in [1.54, 1.807) is 12.1 Å². The molecular formula is C23H27N3O8S. The number of methoxy groups -OCH3 is 3. The second kappa shape index (κ2) is 13.6. The Morgan fingerprint density at radius 2 is 1.51 bits per heavy atom. The number of rotatable bonds is 10. The maximum atomic E-state index is 12.5. The Labute approximate surface area is 208 Å². The van der Waals surface area contributed by atoms with Gasteiger partial charge in [-0.05, 0) is 55.0 Å². The molecule has 11 nitrogen and oxygen atoms in total. The van der Waals surface area contributed by atoms with E-state index in [1.165, 1.54) is 45.6 Å². The second-order valence-corrected chi connectivity index (χ2v) is 7.23. The van der Waals surface area contributed by atoms with Gasteiger partial charge in [0.1, 0.15) is 5.75 Å². The Balaban J connectivity index is 1.82. The zero-order valence-electron chi connectivity index (χ0n) is 19.8. The molecule has 0 bridgehead atoms. The molecule has 0 spiro atoms. The molecule has 188 valence electrons. The van der Waals surface area contributed by atoms with Crippen LogP contribution in [0.15, 0.2) is 36.4 Å². The molecule has 0 aliphatic heterocycles. The number of hydrogen-bond acceptors (Lipinski definition) is 9. The standard InChI is InChI=1S/C23H27N3O8S/c1-5-10-33-22(29)14-6-8-16(9-7-14)34-13-19(27)25-26-23(35)24-21(28)15-11-17(30-2)20(32-4)18(12-15)31-3/h6-9,11-12H,5,10,13H2,1-4H3,(H,25,27)(H2,24,26,28,35). The number of hydrogen-bond donors (Lipinski definition) is 3. The number of carbonyl (C=O) groups excluding carboxylic acids is 3. The molecule has 0 radical (unpaired) electrons. The van der Waals surface area contributed by atoms with E-state index in [2.05, 4.69) is 16.2 Å². The summed E-state index contributed by atoms with van der Waals surface area (Å²) < 4.78 is 26.1. The van der Waals surface area contributed by atoms with E-state index < -0.39 is 17.8 Å². The molecule has 2 rings (SSSR count). The van der Waals surface area contributed by atoms with Gasteiger partial charge in [0.05, 0.1) is 33.5 Å². The van der Waals surface area contributed by atoms with Gasteiger partial charge in [0, 0.05) is 5.56 Å². The van der Waals surface area contributed by atoms with Crippen molar-refractivity contribution in [2.75, 3.05) is 34.5 Å². The van der Waals surface area contributed by atoms with E-state index >= 15 is 0 Å². The molecule has 2 aromatic rings. The van der Waals surface area contributed by atoms with E-state index in [4.69, 9.17) is 35.9 Å². The zero-order valence-corrected chi connectivity index (χ0v) is 20.6. The molecule has 2 aromatic carbocycles. The van der Waals surface area contributed by atoms with Crippen molar-refractivity contribution in [2.45, 2.75) is 13.3 Å². The lowest BCUT2D eigenvalue weighted by molar-refractivity contribution is -0.123. The first-order valence-corrected chi connectivity index (χ1v) is 10.8. The summed E-state index contributed by atoms with van der Waals surface area (Å²) in [5.41, 5.74) is 5.30. The topological polar surface area (TPSA) is 133 Å². The quantitative estimate of drug-likeness (QED) is 0.250. The van der Waals surface area contributed by atoms with Crippen LogP contribution >= 0.6 is 12.2 Å². The van der Waals surface area contributed by atoms with Gasteiger partial charge in [0.25, 0.3) is 11.8 Å². The highest BCUT2D eigenvalue weighted by molar-refractivity contribution is 7.80. The summed E-state index contributed by atoms with van der Waals surface area (Å²) in [6.07, 6.45) is 0.730. The molecule has 0 heterocycles. The summed E-state index contributed by atoms with van der Waals surface area (Å²) in [6, 6.07) is 9.09. The lowest BCUT2D eigenvalue weighted by Crippen LogP contribution is -2.49. The van der Waals surface area contributed by atoms with E-state index in [0.717, 1.165) is 6.42 Å². The number of nitrogens with one attached hydrogen (secondary N) is 3. The first kappa shape index (κ1) is 27.2. The molecule has 0 unspecified atom stereocenters. The van der Waals surface area contributed by atoms with Crippen LogP contribution in [-0.2, 0) is 9.53 Å². The van der Waals surface area contributed by atoms with Crippen LogP contribution < -0.4 is 35.1 Å². The van der Waals surface area contributed by atoms with E-state index in [0.29, 0.717) is 35.2 Å². The molecular weight excluding hydrogens is 478 g/mol. The smallest absolute Gasteiger partial charge is 0.338 e. The number of esters is 1. The Morgan fingerprint density at radius 3 is 2.06 bits per heavy atom. The molecule has 0 aliphatic rings. The van der Waals surface area contributed by atoms with Crippen LogP contribution in [0, 0.1) is 0 Å². The third-order valence-electron chi connectivity index (χ3n) is 4.37. The van der Waals surface area contributed by atoms with Gasteiger partial charge < -0.3 is 23.7 Å². The van der Waals surface area contributed by atoms with E-state index in [1.807, 2.05) is 6.92 Å². The highest BCUT2D eigenvalue weighted by Gasteiger charge is 2.18. The predicted octanol–water partition coefficient (Wildman–Crippen LogP) is 1.99. The highest BCUT2D eigenvalue weighted by Crippen LogP contribution is 2.38. The van der Waals surface area contributed by atoms with Gasteiger partial charge in [-0.15, -0.1) is 0 Å². The normalized spacial score (nSPS) is 9.94. The van der Waals surface area contributed by atoms with Crippen LogP contribution in [0.2, 0.25) is 0 Å². The van der Waals surface area contributed by atoms with Crippen molar-refractivity contribution in [1.82, 2.24) is 16.2 Å². The van der Waals surface area contributed by atoms with Crippen LogP contribution in [0.4, 0.5) is 0 Å². The van der Waals surface area contributed by atoms with Crippen molar-refractivity contribution in [3.8, 4) is 23.0 Å². The second-order valence-electron chi connectivity index (χ2n) is 6.82. The van der Waals surface area contributed by atoms with Crippen molar-refractivity contribution < 1.29 is 38.1 Å². The minimum atomic E-state index is -0.565.